The molecule has 0 aromatic rings. The fourth-order valence-corrected chi connectivity index (χ4v) is 1.24. The highest BCUT2D eigenvalue weighted by molar-refractivity contribution is 6.68. The van der Waals surface area contributed by atoms with E-state index >= 15 is 0 Å². The third-order valence-corrected chi connectivity index (χ3v) is 2.12. The van der Waals surface area contributed by atoms with Crippen LogP contribution in [0.3, 0.4) is 0 Å². The Labute approximate surface area is 79.8 Å². The van der Waals surface area contributed by atoms with Crippen LogP contribution in [0.4, 0.5) is 0 Å². The molecule has 1 rings (SSSR count). The normalized spacial score (nSPS) is 21.8. The van der Waals surface area contributed by atoms with Crippen LogP contribution >= 0.6 is 23.2 Å². The van der Waals surface area contributed by atoms with Crippen molar-refractivity contribution >= 4 is 33.7 Å². The maximum atomic E-state index is 10.6. The first kappa shape index (κ1) is 9.49. The van der Waals surface area contributed by atoms with E-state index in [2.05, 4.69) is 0 Å². The van der Waals surface area contributed by atoms with Gasteiger partial charge in [-0.15, -0.1) is 0 Å². The molecule has 0 saturated carbocycles. The first-order chi connectivity index (χ1) is 5.61. The largest absolute Gasteiger partial charge is 0.281 e. The van der Waals surface area contributed by atoms with Gasteiger partial charge in [0.1, 0.15) is 0 Å². The molecular weight excluding hydrogens is 199 g/mol. The summed E-state index contributed by atoms with van der Waals surface area (Å²) in [4.78, 5) is 21.2. The number of rotatable bonds is 2. The number of hydrogen-bond acceptors (Lipinski definition) is 2. The lowest BCUT2D eigenvalue weighted by atomic mass is 9.98. The number of allylic oxidation sites excluding steroid dienone is 4. The van der Waals surface area contributed by atoms with Gasteiger partial charge in [-0.1, -0.05) is 18.2 Å². The molecule has 1 unspecified atom stereocenters. The van der Waals surface area contributed by atoms with Gasteiger partial charge >= 0.3 is 0 Å². The molecule has 64 valence electrons. The average Bonchev–Trinajstić information content (AvgIpc) is 2.04. The number of carbonyl (C=O) groups is 2. The molecule has 0 N–H and O–H groups in total. The van der Waals surface area contributed by atoms with E-state index < -0.39 is 10.5 Å². The molecule has 2 nitrogen and oxygen atoms in total. The fourth-order valence-electron chi connectivity index (χ4n) is 0.934. The summed E-state index contributed by atoms with van der Waals surface area (Å²) < 4.78 is 0. The van der Waals surface area contributed by atoms with Crippen LogP contribution < -0.4 is 0 Å². The summed E-state index contributed by atoms with van der Waals surface area (Å²) in [5.41, 5.74) is 0.422. The van der Waals surface area contributed by atoms with Crippen molar-refractivity contribution in [2.75, 3.05) is 0 Å². The summed E-state index contributed by atoms with van der Waals surface area (Å²) in [7, 11) is 0. The maximum Gasteiger partial charge on any atom is 0.252 e. The molecule has 0 fully saturated rings. The molecule has 0 heterocycles. The van der Waals surface area contributed by atoms with Crippen molar-refractivity contribution in [1.29, 1.82) is 0 Å². The fraction of sp³-hybridized carbons (Fsp3) is 0.250. The molecule has 0 bridgehead atoms. The molecule has 0 aromatic heterocycles. The second kappa shape index (κ2) is 3.87. The molecule has 1 aliphatic carbocycles. The van der Waals surface area contributed by atoms with E-state index in [9.17, 15) is 9.59 Å². The van der Waals surface area contributed by atoms with Gasteiger partial charge in [0, 0.05) is 5.57 Å². The zero-order chi connectivity index (χ0) is 9.14. The SMILES string of the molecule is O=C(Cl)C1=CCC(C(=O)Cl)C=C1. The van der Waals surface area contributed by atoms with Crippen LogP contribution in [0.1, 0.15) is 6.42 Å². The topological polar surface area (TPSA) is 34.1 Å². The molecule has 4 heteroatoms. The monoisotopic (exact) mass is 204 g/mol. The minimum Gasteiger partial charge on any atom is -0.281 e. The molecule has 0 aromatic carbocycles. The average molecular weight is 205 g/mol. The molecule has 1 atom stereocenters. The lowest BCUT2D eigenvalue weighted by molar-refractivity contribution is -0.114. The van der Waals surface area contributed by atoms with Crippen molar-refractivity contribution in [2.24, 2.45) is 5.92 Å². The van der Waals surface area contributed by atoms with Crippen LogP contribution in [0.15, 0.2) is 23.8 Å². The molecule has 12 heavy (non-hydrogen) atoms. The minimum atomic E-state index is -0.508. The van der Waals surface area contributed by atoms with E-state index in [0.29, 0.717) is 12.0 Å². The highest BCUT2D eigenvalue weighted by atomic mass is 35.5. The van der Waals surface area contributed by atoms with Crippen molar-refractivity contribution in [3.63, 3.8) is 0 Å². The van der Waals surface area contributed by atoms with Crippen LogP contribution in [0.25, 0.3) is 0 Å². The summed E-state index contributed by atoms with van der Waals surface area (Å²) >= 11 is 10.5. The summed E-state index contributed by atoms with van der Waals surface area (Å²) in [6.07, 6.45) is 5.17. The Kier molecular flexibility index (Phi) is 3.06. The molecule has 0 aliphatic heterocycles. The zero-order valence-corrected chi connectivity index (χ0v) is 7.60. The predicted molar refractivity (Wildman–Crippen MR) is 47.1 cm³/mol. The Hall–Kier alpha value is -0.600. The molecule has 0 spiro atoms. The third-order valence-electron chi connectivity index (χ3n) is 1.62. The van der Waals surface area contributed by atoms with Crippen LogP contribution in [-0.2, 0) is 9.59 Å². The van der Waals surface area contributed by atoms with E-state index in [1.807, 2.05) is 0 Å². The summed E-state index contributed by atoms with van der Waals surface area (Å²) in [5, 5.41) is -0.921. The van der Waals surface area contributed by atoms with Crippen molar-refractivity contribution in [2.45, 2.75) is 6.42 Å². The molecule has 0 saturated heterocycles. The third kappa shape index (κ3) is 2.19. The zero-order valence-electron chi connectivity index (χ0n) is 6.09. The van der Waals surface area contributed by atoms with E-state index in [0.717, 1.165) is 0 Å². The number of carbonyl (C=O) groups excluding carboxylic acids is 2. The van der Waals surface area contributed by atoms with Crippen LogP contribution in [0.5, 0.6) is 0 Å². The van der Waals surface area contributed by atoms with E-state index in [1.54, 1.807) is 12.2 Å². The van der Waals surface area contributed by atoms with E-state index in [-0.39, 0.29) is 5.92 Å². The van der Waals surface area contributed by atoms with Crippen molar-refractivity contribution < 1.29 is 9.59 Å². The van der Waals surface area contributed by atoms with Crippen molar-refractivity contribution in [1.82, 2.24) is 0 Å². The summed E-state index contributed by atoms with van der Waals surface area (Å²) in [6.45, 7) is 0. The number of halogens is 2. The highest BCUT2D eigenvalue weighted by Crippen LogP contribution is 2.19. The van der Waals surface area contributed by atoms with Gasteiger partial charge in [0.05, 0.1) is 5.92 Å². The summed E-state index contributed by atoms with van der Waals surface area (Å²) in [5.74, 6) is -0.313. The smallest absolute Gasteiger partial charge is 0.252 e. The Bertz CT molecular complexity index is 279. The van der Waals surface area contributed by atoms with Gasteiger partial charge in [-0.25, -0.2) is 0 Å². The lowest BCUT2D eigenvalue weighted by Gasteiger charge is -2.09. The van der Waals surface area contributed by atoms with Crippen LogP contribution in [0.2, 0.25) is 0 Å². The maximum absolute atomic E-state index is 10.6. The van der Waals surface area contributed by atoms with Gasteiger partial charge < -0.3 is 0 Å². The first-order valence-electron chi connectivity index (χ1n) is 3.39. The predicted octanol–water partition coefficient (Wildman–Crippen LogP) is 2.02. The second-order valence-corrected chi connectivity index (χ2v) is 3.15. The quantitative estimate of drug-likeness (QED) is 0.646. The Morgan fingerprint density at radius 1 is 1.42 bits per heavy atom. The molecule has 0 amide bonds. The molecular formula is C8H6Cl2O2. The lowest BCUT2D eigenvalue weighted by Crippen LogP contribution is -2.08. The highest BCUT2D eigenvalue weighted by Gasteiger charge is 2.16. The van der Waals surface area contributed by atoms with Crippen molar-refractivity contribution in [3.8, 4) is 0 Å². The Morgan fingerprint density at radius 3 is 2.42 bits per heavy atom. The molecule has 1 aliphatic rings. The van der Waals surface area contributed by atoms with Gasteiger partial charge in [-0.05, 0) is 29.6 Å². The second-order valence-electron chi connectivity index (χ2n) is 2.44. The minimum absolute atomic E-state index is 0.313. The van der Waals surface area contributed by atoms with Gasteiger partial charge in [0.15, 0.2) is 0 Å². The standard InChI is InChI=1S/C8H6Cl2O2/c9-7(11)5-1-2-6(4-3-5)8(10)12/h1-3,6H,4H2. The molecule has 0 radical (unpaired) electrons. The van der Waals surface area contributed by atoms with E-state index in [1.165, 1.54) is 6.08 Å². The summed E-state index contributed by atoms with van der Waals surface area (Å²) in [6, 6.07) is 0. The van der Waals surface area contributed by atoms with Crippen LogP contribution in [-0.4, -0.2) is 10.5 Å². The van der Waals surface area contributed by atoms with E-state index in [4.69, 9.17) is 23.2 Å². The first-order valence-corrected chi connectivity index (χ1v) is 4.14. The van der Waals surface area contributed by atoms with Crippen molar-refractivity contribution in [3.05, 3.63) is 23.8 Å². The Morgan fingerprint density at radius 2 is 2.08 bits per heavy atom. The van der Waals surface area contributed by atoms with Crippen LogP contribution in [0, 0.1) is 5.92 Å². The van der Waals surface area contributed by atoms with Gasteiger partial charge in [-0.2, -0.15) is 0 Å². The van der Waals surface area contributed by atoms with Gasteiger partial charge in [-0.3, -0.25) is 9.59 Å². The van der Waals surface area contributed by atoms with Gasteiger partial charge in [0.2, 0.25) is 5.24 Å². The number of hydrogen-bond donors (Lipinski definition) is 0. The Balaban J connectivity index is 2.68. The van der Waals surface area contributed by atoms with Gasteiger partial charge in [0.25, 0.3) is 5.24 Å².